The van der Waals surface area contributed by atoms with Crippen molar-refractivity contribution in [2.75, 3.05) is 0 Å². The molecule has 3 N–H and O–H groups in total. The molecule has 0 aromatic heterocycles. The molecule has 1 rings (SSSR count). The molecular weight excluding hydrogens is 443 g/mol. The number of aliphatic hydroxyl groups excluding tert-OH is 1. The Morgan fingerprint density at radius 1 is 0.900 bits per heavy atom. The van der Waals surface area contributed by atoms with Gasteiger partial charge in [-0.3, -0.25) is 0 Å². The van der Waals surface area contributed by atoms with Crippen LogP contribution in [0.5, 0.6) is 0 Å². The lowest BCUT2D eigenvalue weighted by molar-refractivity contribution is -0.400. The van der Waals surface area contributed by atoms with Gasteiger partial charge in [0.05, 0.1) is 6.10 Å². The maximum atomic E-state index is 13.2. The Labute approximate surface area is 164 Å². The minimum atomic E-state index is -6.47. The highest BCUT2D eigenvalue weighted by Crippen LogP contribution is 2.55. The number of hydrogen-bond donors (Lipinski definition) is 3. The van der Waals surface area contributed by atoms with Gasteiger partial charge in [0.2, 0.25) is 0 Å². The fraction of sp³-hybridized carbons (Fsp3) is 0.812. The van der Waals surface area contributed by atoms with E-state index < -0.39 is 72.6 Å². The highest BCUT2D eigenvalue weighted by molar-refractivity contribution is 5.87. The number of hydrogen-bond acceptors (Lipinski definition) is 5. The SMILES string of the molecule is C=C(C)C(=O)OC1CC(C(C)(O)C(F)(F)F)C(O)C(C(O)(C(F)(F)F)C(F)(F)F)C1. The van der Waals surface area contributed by atoms with Gasteiger partial charge in [-0.1, -0.05) is 6.58 Å². The highest BCUT2D eigenvalue weighted by Gasteiger charge is 2.77. The fourth-order valence-corrected chi connectivity index (χ4v) is 3.34. The van der Waals surface area contributed by atoms with Crippen LogP contribution >= 0.6 is 0 Å². The van der Waals surface area contributed by atoms with Gasteiger partial charge in [0.25, 0.3) is 5.60 Å². The van der Waals surface area contributed by atoms with Gasteiger partial charge in [0.1, 0.15) is 6.10 Å². The average molecular weight is 462 g/mol. The van der Waals surface area contributed by atoms with Crippen molar-refractivity contribution >= 4 is 5.97 Å². The van der Waals surface area contributed by atoms with E-state index in [1.807, 2.05) is 0 Å². The molecular formula is C16H19F9O5. The number of carbonyl (C=O) groups is 1. The topological polar surface area (TPSA) is 87.0 Å². The molecule has 14 heteroatoms. The predicted octanol–water partition coefficient (Wildman–Crippen LogP) is 3.03. The van der Waals surface area contributed by atoms with E-state index in [9.17, 15) is 59.6 Å². The fourth-order valence-electron chi connectivity index (χ4n) is 3.34. The van der Waals surface area contributed by atoms with Gasteiger partial charge >= 0.3 is 24.5 Å². The molecule has 1 saturated carbocycles. The van der Waals surface area contributed by atoms with Crippen LogP contribution in [0.2, 0.25) is 0 Å². The maximum absolute atomic E-state index is 13.2. The number of alkyl halides is 9. The monoisotopic (exact) mass is 462 g/mol. The lowest BCUT2D eigenvalue weighted by atomic mass is 9.64. The van der Waals surface area contributed by atoms with Gasteiger partial charge in [0, 0.05) is 17.4 Å². The van der Waals surface area contributed by atoms with Crippen molar-refractivity contribution in [3.8, 4) is 0 Å². The third kappa shape index (κ3) is 4.54. The van der Waals surface area contributed by atoms with Crippen LogP contribution in [-0.2, 0) is 9.53 Å². The largest absolute Gasteiger partial charge is 0.459 e. The standard InChI is InChI=1S/C16H19F9O5/c1-6(2)11(27)30-7-4-8(12(3,28)14(17,18)19)10(26)9(5-7)13(29,15(20,21)22)16(23,24)25/h7-10,26,28-29H,1,4-5H2,2-3H3. The number of rotatable bonds is 4. The summed E-state index contributed by atoms with van der Waals surface area (Å²) in [6.07, 6.45) is -26.3. The summed E-state index contributed by atoms with van der Waals surface area (Å²) in [6, 6.07) is 0. The van der Waals surface area contributed by atoms with Gasteiger partial charge in [-0.05, 0) is 26.7 Å². The number of ether oxygens (including phenoxy) is 1. The van der Waals surface area contributed by atoms with Gasteiger partial charge in [-0.25, -0.2) is 4.79 Å². The quantitative estimate of drug-likeness (QED) is 0.340. The van der Waals surface area contributed by atoms with Crippen LogP contribution in [0, 0.1) is 11.8 Å². The third-order valence-electron chi connectivity index (χ3n) is 5.18. The molecule has 0 amide bonds. The first-order chi connectivity index (χ1) is 13.1. The molecule has 176 valence electrons. The zero-order chi connectivity index (χ0) is 24.1. The summed E-state index contributed by atoms with van der Waals surface area (Å²) in [5, 5.41) is 29.5. The molecule has 0 aliphatic heterocycles. The second kappa shape index (κ2) is 7.86. The molecule has 0 aromatic carbocycles. The first-order valence-corrected chi connectivity index (χ1v) is 8.28. The molecule has 5 unspecified atom stereocenters. The van der Waals surface area contributed by atoms with E-state index in [2.05, 4.69) is 11.3 Å². The van der Waals surface area contributed by atoms with Crippen LogP contribution in [0.15, 0.2) is 12.2 Å². The van der Waals surface area contributed by atoms with E-state index >= 15 is 0 Å². The van der Waals surface area contributed by atoms with Crippen molar-refractivity contribution in [2.24, 2.45) is 11.8 Å². The van der Waals surface area contributed by atoms with Crippen molar-refractivity contribution in [1.29, 1.82) is 0 Å². The Bertz CT molecular complexity index is 651. The van der Waals surface area contributed by atoms with Crippen LogP contribution in [0.1, 0.15) is 26.7 Å². The zero-order valence-corrected chi connectivity index (χ0v) is 15.5. The Morgan fingerprint density at radius 3 is 1.63 bits per heavy atom. The van der Waals surface area contributed by atoms with Gasteiger partial charge in [-0.2, -0.15) is 39.5 Å². The van der Waals surface area contributed by atoms with Crippen LogP contribution in [0.25, 0.3) is 0 Å². The summed E-state index contributed by atoms with van der Waals surface area (Å²) >= 11 is 0. The molecule has 1 aliphatic rings. The van der Waals surface area contributed by atoms with E-state index in [0.717, 1.165) is 6.92 Å². The van der Waals surface area contributed by atoms with E-state index in [1.54, 1.807) is 0 Å². The van der Waals surface area contributed by atoms with Crippen molar-refractivity contribution in [3.05, 3.63) is 12.2 Å². The molecule has 0 bridgehead atoms. The molecule has 5 atom stereocenters. The molecule has 30 heavy (non-hydrogen) atoms. The smallest absolute Gasteiger partial charge is 0.426 e. The highest BCUT2D eigenvalue weighted by atomic mass is 19.4. The predicted molar refractivity (Wildman–Crippen MR) is 80.7 cm³/mol. The molecule has 0 spiro atoms. The molecule has 1 fully saturated rings. The first kappa shape index (κ1) is 26.5. The molecule has 0 aromatic rings. The van der Waals surface area contributed by atoms with E-state index in [-0.39, 0.29) is 12.5 Å². The Balaban J connectivity index is 3.60. The lowest BCUT2D eigenvalue weighted by Crippen LogP contribution is -2.69. The summed E-state index contributed by atoms with van der Waals surface area (Å²) < 4.78 is 124. The second-order valence-electron chi connectivity index (χ2n) is 7.39. The third-order valence-corrected chi connectivity index (χ3v) is 5.18. The van der Waals surface area contributed by atoms with Gasteiger partial charge < -0.3 is 20.1 Å². The van der Waals surface area contributed by atoms with Crippen LogP contribution in [-0.4, -0.2) is 63.2 Å². The van der Waals surface area contributed by atoms with Crippen LogP contribution in [0.4, 0.5) is 39.5 Å². The van der Waals surface area contributed by atoms with E-state index in [4.69, 9.17) is 0 Å². The molecule has 0 saturated heterocycles. The number of esters is 1. The number of carbonyl (C=O) groups excluding carboxylic acids is 1. The molecule has 1 aliphatic carbocycles. The second-order valence-corrected chi connectivity index (χ2v) is 7.39. The van der Waals surface area contributed by atoms with Crippen molar-refractivity contribution in [2.45, 2.75) is 68.6 Å². The van der Waals surface area contributed by atoms with E-state index in [0.29, 0.717) is 0 Å². The Hall–Kier alpha value is -1.54. The summed E-state index contributed by atoms with van der Waals surface area (Å²) in [6.45, 7) is 4.23. The molecule has 0 radical (unpaired) electrons. The summed E-state index contributed by atoms with van der Waals surface area (Å²) in [4.78, 5) is 11.6. The minimum absolute atomic E-state index is 0.0428. The van der Waals surface area contributed by atoms with Crippen molar-refractivity contribution in [1.82, 2.24) is 0 Å². The first-order valence-electron chi connectivity index (χ1n) is 8.28. The molecule has 5 nitrogen and oxygen atoms in total. The zero-order valence-electron chi connectivity index (χ0n) is 15.5. The van der Waals surface area contributed by atoms with Crippen LogP contribution < -0.4 is 0 Å². The van der Waals surface area contributed by atoms with Gasteiger partial charge in [-0.15, -0.1) is 0 Å². The Morgan fingerprint density at radius 2 is 1.30 bits per heavy atom. The summed E-state index contributed by atoms with van der Waals surface area (Å²) in [5.41, 5.74) is -9.98. The Kier molecular flexibility index (Phi) is 6.94. The molecule has 0 heterocycles. The van der Waals surface area contributed by atoms with Crippen LogP contribution in [0.3, 0.4) is 0 Å². The normalized spacial score (nSPS) is 28.6. The lowest BCUT2D eigenvalue weighted by Gasteiger charge is -2.50. The maximum Gasteiger partial charge on any atom is 0.426 e. The van der Waals surface area contributed by atoms with Crippen molar-refractivity contribution < 1.29 is 64.4 Å². The number of halogens is 9. The minimum Gasteiger partial charge on any atom is -0.459 e. The average Bonchev–Trinajstić information content (AvgIpc) is 2.51. The number of aliphatic hydroxyl groups is 3. The van der Waals surface area contributed by atoms with Crippen molar-refractivity contribution in [3.63, 3.8) is 0 Å². The summed E-state index contributed by atoms with van der Waals surface area (Å²) in [5.74, 6) is -7.37. The summed E-state index contributed by atoms with van der Waals surface area (Å²) in [7, 11) is 0. The van der Waals surface area contributed by atoms with Gasteiger partial charge in [0.15, 0.2) is 5.60 Å². The van der Waals surface area contributed by atoms with E-state index in [1.165, 1.54) is 0 Å².